The lowest BCUT2D eigenvalue weighted by Crippen LogP contribution is -2.34. The maximum Gasteiger partial charge on any atom is 0.416 e. The summed E-state index contributed by atoms with van der Waals surface area (Å²) >= 11 is 0. The third-order valence-electron chi connectivity index (χ3n) is 3.79. The first-order valence-corrected chi connectivity index (χ1v) is 6.99. The molecule has 0 aliphatic carbocycles. The Hall–Kier alpha value is -2.30. The molecular weight excluding hydrogens is 291 g/mol. The molecule has 1 aliphatic rings. The summed E-state index contributed by atoms with van der Waals surface area (Å²) in [6.07, 6.45) is -3.32. The number of carbonyl (C=O) groups excluding carboxylic acids is 1. The standard InChI is InChI=1S/C17H14F3NO/c18-17(19,20)14-6-3-4-12(10-14)11-21-15-7-2-1-5-13(15)8-9-16(21)22/h1-7,10H,8-9,11H2. The van der Waals surface area contributed by atoms with E-state index in [0.717, 1.165) is 23.4 Å². The number of benzene rings is 2. The second kappa shape index (κ2) is 5.48. The smallest absolute Gasteiger partial charge is 0.308 e. The minimum atomic E-state index is -4.38. The van der Waals surface area contributed by atoms with Gasteiger partial charge in [0, 0.05) is 12.1 Å². The summed E-state index contributed by atoms with van der Waals surface area (Å²) in [5.74, 6) is -0.0592. The number of nitrogens with zero attached hydrogens (tertiary/aromatic N) is 1. The van der Waals surface area contributed by atoms with Crippen molar-refractivity contribution >= 4 is 11.6 Å². The zero-order valence-corrected chi connectivity index (χ0v) is 11.7. The number of hydrogen-bond donors (Lipinski definition) is 0. The van der Waals surface area contributed by atoms with Crippen LogP contribution >= 0.6 is 0 Å². The number of carbonyl (C=O) groups is 1. The Balaban J connectivity index is 1.92. The second-order valence-electron chi connectivity index (χ2n) is 5.31. The van der Waals surface area contributed by atoms with Gasteiger partial charge in [0.2, 0.25) is 5.91 Å². The summed E-state index contributed by atoms with van der Waals surface area (Å²) in [6, 6.07) is 12.6. The number of hydrogen-bond acceptors (Lipinski definition) is 1. The molecule has 0 bridgehead atoms. The van der Waals surface area contributed by atoms with Crippen molar-refractivity contribution in [1.29, 1.82) is 0 Å². The minimum absolute atomic E-state index is 0.0592. The molecule has 0 atom stereocenters. The number of halogens is 3. The highest BCUT2D eigenvalue weighted by molar-refractivity contribution is 5.96. The summed E-state index contributed by atoms with van der Waals surface area (Å²) in [4.78, 5) is 13.7. The molecule has 2 aromatic carbocycles. The minimum Gasteiger partial charge on any atom is -0.308 e. The molecule has 114 valence electrons. The third-order valence-corrected chi connectivity index (χ3v) is 3.79. The Bertz CT molecular complexity index is 709. The molecule has 0 saturated carbocycles. The van der Waals surface area contributed by atoms with Crippen molar-refractivity contribution < 1.29 is 18.0 Å². The van der Waals surface area contributed by atoms with Gasteiger partial charge in [-0.15, -0.1) is 0 Å². The lowest BCUT2D eigenvalue weighted by Gasteiger charge is -2.29. The van der Waals surface area contributed by atoms with Gasteiger partial charge >= 0.3 is 6.18 Å². The maximum atomic E-state index is 12.8. The van der Waals surface area contributed by atoms with E-state index in [9.17, 15) is 18.0 Å². The van der Waals surface area contributed by atoms with Crippen LogP contribution in [0.15, 0.2) is 48.5 Å². The average molecular weight is 305 g/mol. The SMILES string of the molecule is O=C1CCc2ccccc2N1Cc1cccc(C(F)(F)F)c1. The van der Waals surface area contributed by atoms with Gasteiger partial charge in [-0.2, -0.15) is 13.2 Å². The zero-order chi connectivity index (χ0) is 15.7. The highest BCUT2D eigenvalue weighted by Crippen LogP contribution is 2.32. The highest BCUT2D eigenvalue weighted by Gasteiger charge is 2.31. The molecule has 1 heterocycles. The van der Waals surface area contributed by atoms with Gasteiger partial charge in [-0.05, 0) is 35.7 Å². The van der Waals surface area contributed by atoms with Gasteiger partial charge < -0.3 is 4.90 Å². The number of para-hydroxylation sites is 1. The van der Waals surface area contributed by atoms with Crippen molar-refractivity contribution in [3.8, 4) is 0 Å². The van der Waals surface area contributed by atoms with Gasteiger partial charge in [-0.25, -0.2) is 0 Å². The molecule has 3 rings (SSSR count). The van der Waals surface area contributed by atoms with E-state index >= 15 is 0 Å². The van der Waals surface area contributed by atoms with Crippen molar-refractivity contribution in [3.05, 3.63) is 65.2 Å². The number of amides is 1. The van der Waals surface area contributed by atoms with E-state index in [-0.39, 0.29) is 12.5 Å². The Kier molecular flexibility index (Phi) is 3.64. The lowest BCUT2D eigenvalue weighted by molar-refractivity contribution is -0.137. The summed E-state index contributed by atoms with van der Waals surface area (Å²) < 4.78 is 38.3. The molecule has 22 heavy (non-hydrogen) atoms. The number of rotatable bonds is 2. The van der Waals surface area contributed by atoms with Gasteiger partial charge in [-0.3, -0.25) is 4.79 Å². The topological polar surface area (TPSA) is 20.3 Å². The highest BCUT2D eigenvalue weighted by atomic mass is 19.4. The molecule has 5 heteroatoms. The molecule has 0 N–H and O–H groups in total. The van der Waals surface area contributed by atoms with Crippen molar-refractivity contribution in [2.75, 3.05) is 4.90 Å². The summed E-state index contributed by atoms with van der Waals surface area (Å²) in [5.41, 5.74) is 1.62. The lowest BCUT2D eigenvalue weighted by atomic mass is 10.00. The van der Waals surface area contributed by atoms with E-state index in [0.29, 0.717) is 18.4 Å². The zero-order valence-electron chi connectivity index (χ0n) is 11.7. The van der Waals surface area contributed by atoms with Crippen LogP contribution in [0, 0.1) is 0 Å². The fourth-order valence-corrected chi connectivity index (χ4v) is 2.70. The molecule has 0 fully saturated rings. The molecule has 0 saturated heterocycles. The van der Waals surface area contributed by atoms with Crippen LogP contribution < -0.4 is 4.90 Å². The monoisotopic (exact) mass is 305 g/mol. The summed E-state index contributed by atoms with van der Waals surface area (Å²) in [5, 5.41) is 0. The molecule has 0 aromatic heterocycles. The van der Waals surface area contributed by atoms with Crippen molar-refractivity contribution in [1.82, 2.24) is 0 Å². The fourth-order valence-electron chi connectivity index (χ4n) is 2.70. The first-order valence-electron chi connectivity index (χ1n) is 6.99. The van der Waals surface area contributed by atoms with Gasteiger partial charge in [0.1, 0.15) is 0 Å². The van der Waals surface area contributed by atoms with Crippen molar-refractivity contribution in [2.45, 2.75) is 25.6 Å². The molecule has 2 aromatic rings. The normalized spacial score (nSPS) is 14.9. The average Bonchev–Trinajstić information content (AvgIpc) is 2.50. The number of aryl methyl sites for hydroxylation is 1. The van der Waals surface area contributed by atoms with Crippen LogP contribution in [0.25, 0.3) is 0 Å². The predicted octanol–water partition coefficient (Wildman–Crippen LogP) is 4.18. The molecule has 2 nitrogen and oxygen atoms in total. The Labute approximate surface area is 126 Å². The summed E-state index contributed by atoms with van der Waals surface area (Å²) in [6.45, 7) is 0.153. The first-order chi connectivity index (χ1) is 10.4. The summed E-state index contributed by atoms with van der Waals surface area (Å²) in [7, 11) is 0. The number of fused-ring (bicyclic) bond motifs is 1. The van der Waals surface area contributed by atoms with Gasteiger partial charge in [-0.1, -0.05) is 30.3 Å². The van der Waals surface area contributed by atoms with Gasteiger partial charge in [0.15, 0.2) is 0 Å². The van der Waals surface area contributed by atoms with E-state index in [4.69, 9.17) is 0 Å². The Morgan fingerprint density at radius 1 is 1.00 bits per heavy atom. The van der Waals surface area contributed by atoms with Crippen LogP contribution in [-0.2, 0) is 23.9 Å². The third kappa shape index (κ3) is 2.84. The molecule has 1 aliphatic heterocycles. The van der Waals surface area contributed by atoms with Crippen molar-refractivity contribution in [2.24, 2.45) is 0 Å². The number of anilines is 1. The second-order valence-corrected chi connectivity index (χ2v) is 5.31. The van der Waals surface area contributed by atoms with Gasteiger partial charge in [0.25, 0.3) is 0 Å². The van der Waals surface area contributed by atoms with Crippen LogP contribution in [0.5, 0.6) is 0 Å². The largest absolute Gasteiger partial charge is 0.416 e. The van der Waals surface area contributed by atoms with Crippen LogP contribution in [0.4, 0.5) is 18.9 Å². The van der Waals surface area contributed by atoms with E-state index in [2.05, 4.69) is 0 Å². The quantitative estimate of drug-likeness (QED) is 0.815. The van der Waals surface area contributed by atoms with Gasteiger partial charge in [0.05, 0.1) is 12.1 Å². The van der Waals surface area contributed by atoms with Crippen LogP contribution in [0.3, 0.4) is 0 Å². The first kappa shape index (κ1) is 14.6. The van der Waals surface area contributed by atoms with Crippen molar-refractivity contribution in [3.63, 3.8) is 0 Å². The van der Waals surface area contributed by atoms with Crippen LogP contribution in [0.1, 0.15) is 23.1 Å². The molecule has 1 amide bonds. The predicted molar refractivity (Wildman–Crippen MR) is 77.4 cm³/mol. The van der Waals surface area contributed by atoms with E-state index in [1.54, 1.807) is 11.0 Å². The van der Waals surface area contributed by atoms with E-state index < -0.39 is 11.7 Å². The number of alkyl halides is 3. The molecule has 0 unspecified atom stereocenters. The Morgan fingerprint density at radius 3 is 2.55 bits per heavy atom. The van der Waals surface area contributed by atoms with Crippen LogP contribution in [0.2, 0.25) is 0 Å². The Morgan fingerprint density at radius 2 is 1.77 bits per heavy atom. The fraction of sp³-hybridized carbons (Fsp3) is 0.235. The van der Waals surface area contributed by atoms with E-state index in [1.165, 1.54) is 6.07 Å². The van der Waals surface area contributed by atoms with Crippen LogP contribution in [-0.4, -0.2) is 5.91 Å². The van der Waals surface area contributed by atoms with E-state index in [1.807, 2.05) is 24.3 Å². The molecule has 0 radical (unpaired) electrons. The molecular formula is C17H14F3NO. The molecule has 0 spiro atoms. The maximum absolute atomic E-state index is 12.8.